The largest absolute Gasteiger partial charge is 0.477 e. The molecule has 0 unspecified atom stereocenters. The van der Waals surface area contributed by atoms with Crippen LogP contribution >= 0.6 is 11.8 Å². The highest BCUT2D eigenvalue weighted by molar-refractivity contribution is 7.98. The molecule has 0 bridgehead atoms. The van der Waals surface area contributed by atoms with E-state index in [0.717, 1.165) is 39.1 Å². The third kappa shape index (κ3) is 6.68. The van der Waals surface area contributed by atoms with Crippen LogP contribution < -0.4 is 0 Å². The normalized spacial score (nSPS) is 10.4. The fourth-order valence-corrected chi connectivity index (χ4v) is 6.90. The van der Waals surface area contributed by atoms with Gasteiger partial charge in [-0.1, -0.05) is 116 Å². The monoisotopic (exact) mass is 678 g/mol. The number of benzene rings is 4. The number of aromatic carboxylic acids is 2. The lowest BCUT2D eigenvalue weighted by atomic mass is 9.99. The van der Waals surface area contributed by atoms with E-state index in [1.54, 1.807) is 23.2 Å². The average molecular weight is 679 g/mol. The summed E-state index contributed by atoms with van der Waals surface area (Å²) in [5, 5.41) is 19.9. The Morgan fingerprint density at radius 3 is 1.32 bits per heavy atom. The van der Waals surface area contributed by atoms with E-state index in [1.807, 2.05) is 122 Å². The molecule has 0 atom stereocenters. The lowest BCUT2D eigenvalue weighted by molar-refractivity contribution is 0.0676. The van der Waals surface area contributed by atoms with E-state index in [1.165, 1.54) is 11.8 Å². The van der Waals surface area contributed by atoms with Gasteiger partial charge in [0.2, 0.25) is 11.4 Å². The van der Waals surface area contributed by atoms with Crippen LogP contribution in [0.4, 0.5) is 11.4 Å². The Morgan fingerprint density at radius 2 is 0.960 bits per heavy atom. The molecule has 248 valence electrons. The Balaban J connectivity index is 0.000000194. The van der Waals surface area contributed by atoms with Crippen LogP contribution in [0, 0.1) is 13.1 Å². The molecule has 0 spiro atoms. The van der Waals surface area contributed by atoms with Crippen molar-refractivity contribution in [1.29, 1.82) is 0 Å². The summed E-state index contributed by atoms with van der Waals surface area (Å²) < 4.78 is 3.21. The fourth-order valence-electron chi connectivity index (χ4n) is 6.20. The van der Waals surface area contributed by atoms with E-state index in [0.29, 0.717) is 33.9 Å². The minimum atomic E-state index is -1.03. The Bertz CT molecular complexity index is 2090. The van der Waals surface area contributed by atoms with Crippen molar-refractivity contribution in [2.45, 2.75) is 18.4 Å². The maximum atomic E-state index is 11.8. The molecule has 2 aromatic heterocycles. The van der Waals surface area contributed by atoms with Crippen LogP contribution in [-0.4, -0.2) is 37.5 Å². The molecule has 6 aromatic rings. The van der Waals surface area contributed by atoms with Crippen molar-refractivity contribution in [3.63, 3.8) is 0 Å². The molecule has 0 radical (unpaired) electrons. The van der Waals surface area contributed by atoms with Gasteiger partial charge in [0, 0.05) is 30.9 Å². The molecule has 0 amide bonds. The van der Waals surface area contributed by atoms with Crippen molar-refractivity contribution >= 4 is 35.1 Å². The molecule has 2 heterocycles. The van der Waals surface area contributed by atoms with Gasteiger partial charge < -0.3 is 19.3 Å². The van der Waals surface area contributed by atoms with Crippen LogP contribution in [0.15, 0.2) is 114 Å². The molecule has 0 saturated heterocycles. The van der Waals surface area contributed by atoms with Crippen molar-refractivity contribution in [1.82, 2.24) is 9.13 Å². The zero-order valence-electron chi connectivity index (χ0n) is 28.0. The first kappa shape index (κ1) is 35.0. The predicted octanol–water partition coefficient (Wildman–Crippen LogP) is 10.5. The summed E-state index contributed by atoms with van der Waals surface area (Å²) in [6, 6.07) is 35.3. The van der Waals surface area contributed by atoms with Gasteiger partial charge in [-0.05, 0) is 46.1 Å². The van der Waals surface area contributed by atoms with Crippen LogP contribution in [0.1, 0.15) is 33.6 Å². The Labute approximate surface area is 295 Å². The first-order chi connectivity index (χ1) is 24.2. The third-order valence-electron chi connectivity index (χ3n) is 8.52. The van der Waals surface area contributed by atoms with Gasteiger partial charge in [0.05, 0.1) is 18.2 Å². The number of hydrogen-bond donors (Lipinski definition) is 2. The molecular formula is C41H34N4O4S. The van der Waals surface area contributed by atoms with Crippen LogP contribution in [-0.2, 0) is 20.5 Å². The molecule has 0 aliphatic rings. The van der Waals surface area contributed by atoms with Crippen molar-refractivity contribution < 1.29 is 19.8 Å². The lowest BCUT2D eigenvalue weighted by Crippen LogP contribution is -2.07. The molecule has 0 saturated carbocycles. The second-order valence-corrected chi connectivity index (χ2v) is 12.1. The average Bonchev–Trinajstić information content (AvgIpc) is 3.61. The SMILES string of the molecule is [C-]#[N+]c1c(-c2ccc(-c3ccccc3)cc2)c(C(=O)O)n(C)c1CC.[C-]#[N+]c1c(-c2ccc(-c3ccccc3)cc2)c(C(=O)O)n(C)c1SC. The molecule has 50 heavy (non-hydrogen) atoms. The summed E-state index contributed by atoms with van der Waals surface area (Å²) in [4.78, 5) is 30.8. The van der Waals surface area contributed by atoms with E-state index < -0.39 is 11.9 Å². The predicted molar refractivity (Wildman–Crippen MR) is 200 cm³/mol. The zero-order chi connectivity index (χ0) is 35.9. The van der Waals surface area contributed by atoms with E-state index in [4.69, 9.17) is 13.1 Å². The van der Waals surface area contributed by atoms with Crippen molar-refractivity contribution in [2.24, 2.45) is 14.1 Å². The summed E-state index contributed by atoms with van der Waals surface area (Å²) in [6.45, 7) is 17.0. The number of rotatable bonds is 8. The Hall–Kier alpha value is -6.29. The number of carbonyl (C=O) groups is 2. The zero-order valence-corrected chi connectivity index (χ0v) is 28.8. The van der Waals surface area contributed by atoms with Gasteiger partial charge in [0.25, 0.3) is 0 Å². The summed E-state index contributed by atoms with van der Waals surface area (Å²) in [6.07, 6.45) is 2.45. The number of aromatic nitrogens is 2. The molecule has 0 aliphatic carbocycles. The first-order valence-electron chi connectivity index (χ1n) is 15.7. The van der Waals surface area contributed by atoms with Gasteiger partial charge in [0.1, 0.15) is 11.4 Å². The second kappa shape index (κ2) is 15.3. The molecular weight excluding hydrogens is 645 g/mol. The number of nitrogens with zero attached hydrogens (tertiary/aromatic N) is 4. The van der Waals surface area contributed by atoms with Gasteiger partial charge in [-0.2, -0.15) is 0 Å². The van der Waals surface area contributed by atoms with Crippen LogP contribution in [0.3, 0.4) is 0 Å². The van der Waals surface area contributed by atoms with Gasteiger partial charge in [-0.3, -0.25) is 0 Å². The molecule has 2 N–H and O–H groups in total. The highest BCUT2D eigenvalue weighted by Gasteiger charge is 2.27. The quantitative estimate of drug-likeness (QED) is 0.123. The van der Waals surface area contributed by atoms with E-state index in [-0.39, 0.29) is 11.4 Å². The summed E-state index contributed by atoms with van der Waals surface area (Å²) in [5.41, 5.74) is 8.62. The van der Waals surface area contributed by atoms with Crippen LogP contribution in [0.2, 0.25) is 0 Å². The van der Waals surface area contributed by atoms with Crippen molar-refractivity contribution in [3.05, 3.63) is 149 Å². The van der Waals surface area contributed by atoms with E-state index in [9.17, 15) is 19.8 Å². The van der Waals surface area contributed by atoms with Crippen molar-refractivity contribution in [2.75, 3.05) is 6.26 Å². The topological polar surface area (TPSA) is 93.2 Å². The van der Waals surface area contributed by atoms with Crippen LogP contribution in [0.25, 0.3) is 54.2 Å². The molecule has 0 aliphatic heterocycles. The van der Waals surface area contributed by atoms with Crippen molar-refractivity contribution in [3.8, 4) is 44.5 Å². The first-order valence-corrected chi connectivity index (χ1v) is 16.9. The molecule has 0 fully saturated rings. The van der Waals surface area contributed by atoms with Gasteiger partial charge in [0.15, 0.2) is 0 Å². The number of carboxylic acid groups (broad SMARTS) is 2. The highest BCUT2D eigenvalue weighted by atomic mass is 32.2. The number of hydrogen-bond acceptors (Lipinski definition) is 3. The fraction of sp³-hybridized carbons (Fsp3) is 0.122. The maximum Gasteiger partial charge on any atom is 0.351 e. The molecule has 6 rings (SSSR count). The van der Waals surface area contributed by atoms with Gasteiger partial charge >= 0.3 is 11.9 Å². The Kier molecular flexibility index (Phi) is 10.7. The highest BCUT2D eigenvalue weighted by Crippen LogP contribution is 2.43. The van der Waals surface area contributed by atoms with E-state index in [2.05, 4.69) is 9.69 Å². The second-order valence-electron chi connectivity index (χ2n) is 11.3. The van der Waals surface area contributed by atoms with Crippen LogP contribution in [0.5, 0.6) is 0 Å². The molecule has 9 heteroatoms. The summed E-state index contributed by atoms with van der Waals surface area (Å²) in [7, 11) is 3.39. The smallest absolute Gasteiger partial charge is 0.351 e. The van der Waals surface area contributed by atoms with E-state index >= 15 is 0 Å². The third-order valence-corrected chi connectivity index (χ3v) is 9.38. The molecule has 4 aromatic carbocycles. The van der Waals surface area contributed by atoms with Gasteiger partial charge in [-0.15, -0.1) is 11.8 Å². The minimum Gasteiger partial charge on any atom is -0.477 e. The maximum absolute atomic E-state index is 11.8. The summed E-state index contributed by atoms with van der Waals surface area (Å²) in [5.74, 6) is -2.05. The molecule has 8 nitrogen and oxygen atoms in total. The summed E-state index contributed by atoms with van der Waals surface area (Å²) >= 11 is 1.38. The standard InChI is InChI=1S/C21H18N2O2.C20H16N2O2S/c1-4-17-19(22-2)18(20(21(24)25)23(17)3)16-12-10-15(11-13-16)14-8-6-5-7-9-14;1-21-17-16(18(20(23)24)22(2)19(17)25-3)15-11-9-14(10-12-15)13-7-5-4-6-8-13/h5-13H,4H2,1,3H3,(H,24,25);4-12H,2-3H3,(H,23,24). The number of thioether (sulfide) groups is 1. The Morgan fingerprint density at radius 1 is 0.600 bits per heavy atom. The number of carboxylic acids is 2. The van der Waals surface area contributed by atoms with Gasteiger partial charge in [-0.25, -0.2) is 19.3 Å². The lowest BCUT2D eigenvalue weighted by Gasteiger charge is -2.07. The minimum absolute atomic E-state index is 0.141.